The number of aromatic hydroxyl groups is 1. The number of hydrogen-bond acceptors (Lipinski definition) is 2. The van der Waals surface area contributed by atoms with Gasteiger partial charge < -0.3 is 10.4 Å². The van der Waals surface area contributed by atoms with Gasteiger partial charge in [0.2, 0.25) is 0 Å². The van der Waals surface area contributed by atoms with Crippen LogP contribution in [0.4, 0.5) is 5.69 Å². The zero-order valence-corrected chi connectivity index (χ0v) is 16.0. The highest BCUT2D eigenvalue weighted by atomic mass is 35.5. The van der Waals surface area contributed by atoms with E-state index in [1.165, 1.54) is 6.38 Å². The van der Waals surface area contributed by atoms with E-state index >= 15 is 0 Å². The summed E-state index contributed by atoms with van der Waals surface area (Å²) in [5.74, 6) is 0.177. The van der Waals surface area contributed by atoms with Crippen LogP contribution in [0.5, 0.6) is 5.75 Å². The topological polar surface area (TPSA) is 32.3 Å². The highest BCUT2D eigenvalue weighted by molar-refractivity contribution is 6.41. The maximum atomic E-state index is 9.96. The van der Waals surface area contributed by atoms with E-state index in [1.807, 2.05) is 27.7 Å². The van der Waals surface area contributed by atoms with E-state index in [9.17, 15) is 5.11 Å². The standard InChI is InChI=1S/C12H9Cl2NO.2C2H6.CH3Cl/c13-7-1-2-8(14)12-10(16)5-9-6(11(7)12)3-4-15-9;3*1-2/h1-2,5,15-16H,3-4H2;2*1-2H3;1H3. The fourth-order valence-corrected chi connectivity index (χ4v) is 2.79. The van der Waals surface area contributed by atoms with Crippen LogP contribution in [0.2, 0.25) is 10.0 Å². The van der Waals surface area contributed by atoms with Crippen molar-refractivity contribution in [3.63, 3.8) is 0 Å². The first-order valence-corrected chi connectivity index (χ1v) is 8.94. The van der Waals surface area contributed by atoms with Gasteiger partial charge in [-0.25, -0.2) is 0 Å². The molecule has 0 amide bonds. The van der Waals surface area contributed by atoms with Crippen LogP contribution in [0, 0.1) is 0 Å². The Kier molecular flexibility index (Phi) is 10.4. The van der Waals surface area contributed by atoms with Gasteiger partial charge in [0, 0.05) is 40.5 Å². The summed E-state index contributed by atoms with van der Waals surface area (Å²) in [6.45, 7) is 8.87. The molecular weight excluding hydrogens is 341 g/mol. The average Bonchev–Trinajstić information content (AvgIpc) is 3.04. The molecule has 0 bridgehead atoms. The van der Waals surface area contributed by atoms with Crippen LogP contribution in [0.25, 0.3) is 10.8 Å². The van der Waals surface area contributed by atoms with E-state index in [-0.39, 0.29) is 5.75 Å². The zero-order chi connectivity index (χ0) is 17.3. The first-order chi connectivity index (χ1) is 10.7. The third-order valence-electron chi connectivity index (χ3n) is 2.96. The summed E-state index contributed by atoms with van der Waals surface area (Å²) in [7, 11) is 0. The number of benzene rings is 2. The minimum Gasteiger partial charge on any atom is -0.507 e. The highest BCUT2D eigenvalue weighted by Crippen LogP contribution is 2.43. The third-order valence-corrected chi connectivity index (χ3v) is 3.59. The molecule has 0 aliphatic carbocycles. The van der Waals surface area contributed by atoms with E-state index in [0.29, 0.717) is 15.4 Å². The Hall–Kier alpha value is -0.830. The molecule has 124 valence electrons. The van der Waals surface area contributed by atoms with E-state index in [2.05, 4.69) is 16.9 Å². The van der Waals surface area contributed by atoms with Gasteiger partial charge in [-0.15, -0.1) is 11.6 Å². The number of hydrogen-bond donors (Lipinski definition) is 2. The predicted octanol–water partition coefficient (Wildman–Crippen LogP) is 6.73. The lowest BCUT2D eigenvalue weighted by molar-refractivity contribution is 0.482. The molecule has 2 N–H and O–H groups in total. The van der Waals surface area contributed by atoms with Crippen LogP contribution in [0.3, 0.4) is 0 Å². The van der Waals surface area contributed by atoms with E-state index in [0.717, 1.165) is 29.6 Å². The highest BCUT2D eigenvalue weighted by Gasteiger charge is 2.19. The lowest BCUT2D eigenvalue weighted by Crippen LogP contribution is -1.90. The monoisotopic (exact) mass is 363 g/mol. The molecule has 0 aromatic heterocycles. The second-order valence-electron chi connectivity index (χ2n) is 3.88. The van der Waals surface area contributed by atoms with Crippen LogP contribution < -0.4 is 5.32 Å². The van der Waals surface area contributed by atoms with Crippen LogP contribution in [0.1, 0.15) is 33.3 Å². The largest absolute Gasteiger partial charge is 0.507 e. The summed E-state index contributed by atoms with van der Waals surface area (Å²) in [5.41, 5.74) is 2.09. The Morgan fingerprint density at radius 1 is 0.955 bits per heavy atom. The smallest absolute Gasteiger partial charge is 0.127 e. The first-order valence-electron chi connectivity index (χ1n) is 7.42. The number of alkyl halides is 1. The van der Waals surface area contributed by atoms with E-state index < -0.39 is 0 Å². The van der Waals surface area contributed by atoms with Crippen LogP contribution in [0.15, 0.2) is 18.2 Å². The Labute approximate surface area is 148 Å². The molecule has 0 atom stereocenters. The Bertz CT molecular complexity index is 600. The molecule has 0 fully saturated rings. The summed E-state index contributed by atoms with van der Waals surface area (Å²) in [6, 6.07) is 5.19. The molecule has 0 unspecified atom stereocenters. The van der Waals surface area contributed by atoms with Gasteiger partial charge in [-0.1, -0.05) is 50.9 Å². The summed E-state index contributed by atoms with van der Waals surface area (Å²) >= 11 is 16.9. The first kappa shape index (κ1) is 21.2. The lowest BCUT2D eigenvalue weighted by Gasteiger charge is -2.10. The normalized spacial score (nSPS) is 10.9. The van der Waals surface area contributed by atoms with Gasteiger partial charge in [0.1, 0.15) is 5.75 Å². The van der Waals surface area contributed by atoms with Crippen molar-refractivity contribution in [3.8, 4) is 5.75 Å². The molecule has 2 aromatic rings. The van der Waals surface area contributed by atoms with Gasteiger partial charge in [0.15, 0.2) is 0 Å². The molecule has 0 saturated heterocycles. The second kappa shape index (κ2) is 10.8. The van der Waals surface area contributed by atoms with Gasteiger partial charge >= 0.3 is 0 Å². The van der Waals surface area contributed by atoms with Crippen molar-refractivity contribution in [3.05, 3.63) is 33.8 Å². The number of fused-ring (bicyclic) bond motifs is 3. The molecule has 0 radical (unpaired) electrons. The van der Waals surface area contributed by atoms with Gasteiger partial charge in [-0.3, -0.25) is 0 Å². The molecule has 0 spiro atoms. The number of anilines is 1. The van der Waals surface area contributed by atoms with Crippen molar-refractivity contribution >= 4 is 51.3 Å². The van der Waals surface area contributed by atoms with Crippen LogP contribution in [-0.2, 0) is 6.42 Å². The lowest BCUT2D eigenvalue weighted by atomic mass is 10.0. The van der Waals surface area contributed by atoms with Crippen molar-refractivity contribution < 1.29 is 5.11 Å². The summed E-state index contributed by atoms with van der Waals surface area (Å²) in [5, 5.41) is 15.9. The minimum absolute atomic E-state index is 0.177. The van der Waals surface area contributed by atoms with Gasteiger partial charge in [0.05, 0.1) is 5.02 Å². The second-order valence-corrected chi connectivity index (χ2v) is 4.69. The Morgan fingerprint density at radius 3 is 2.00 bits per heavy atom. The van der Waals surface area contributed by atoms with Crippen molar-refractivity contribution in [2.75, 3.05) is 18.2 Å². The maximum Gasteiger partial charge on any atom is 0.127 e. The van der Waals surface area contributed by atoms with Gasteiger partial charge in [-0.2, -0.15) is 0 Å². The van der Waals surface area contributed by atoms with Crippen molar-refractivity contribution in [2.24, 2.45) is 0 Å². The molecule has 3 rings (SSSR count). The molecule has 0 saturated carbocycles. The molecule has 5 heteroatoms. The SMILES string of the molecule is CC.CC.CCl.Oc1cc2c(c3c(Cl)ccc(Cl)c13)CCN2. The quantitative estimate of drug-likeness (QED) is 0.508. The maximum absolute atomic E-state index is 9.96. The molecule has 1 heterocycles. The van der Waals surface area contributed by atoms with Crippen molar-refractivity contribution in [2.45, 2.75) is 34.1 Å². The molecule has 1 aliphatic heterocycles. The number of phenolic OH excluding ortho intramolecular Hbond substituents is 1. The molecule has 1 aliphatic rings. The molecule has 22 heavy (non-hydrogen) atoms. The van der Waals surface area contributed by atoms with Crippen LogP contribution in [-0.4, -0.2) is 18.0 Å². The fraction of sp³-hybridized carbons (Fsp3) is 0.412. The van der Waals surface area contributed by atoms with E-state index in [1.54, 1.807) is 18.2 Å². The number of halogens is 3. The van der Waals surface area contributed by atoms with Gasteiger partial charge in [-0.05, 0) is 24.1 Å². The average molecular weight is 365 g/mol. The number of nitrogens with one attached hydrogen (secondary N) is 1. The van der Waals surface area contributed by atoms with Gasteiger partial charge in [0.25, 0.3) is 0 Å². The van der Waals surface area contributed by atoms with E-state index in [4.69, 9.17) is 23.2 Å². The number of phenols is 1. The zero-order valence-electron chi connectivity index (χ0n) is 13.7. The molecule has 2 aromatic carbocycles. The van der Waals surface area contributed by atoms with Crippen molar-refractivity contribution in [1.29, 1.82) is 0 Å². The summed E-state index contributed by atoms with van der Waals surface area (Å²) < 4.78 is 0. The molecule has 2 nitrogen and oxygen atoms in total. The Morgan fingerprint density at radius 2 is 1.45 bits per heavy atom. The Balaban J connectivity index is 0.000000661. The number of rotatable bonds is 0. The minimum atomic E-state index is 0.177. The summed E-state index contributed by atoms with van der Waals surface area (Å²) in [6.07, 6.45) is 2.38. The fourth-order valence-electron chi connectivity index (χ4n) is 2.27. The summed E-state index contributed by atoms with van der Waals surface area (Å²) in [4.78, 5) is 0. The van der Waals surface area contributed by atoms with Crippen molar-refractivity contribution in [1.82, 2.24) is 0 Å². The third kappa shape index (κ3) is 4.34. The van der Waals surface area contributed by atoms with Crippen LogP contribution >= 0.6 is 34.8 Å². The predicted molar refractivity (Wildman–Crippen MR) is 102 cm³/mol. The molecular formula is C17H24Cl3NO.